The van der Waals surface area contributed by atoms with Crippen molar-refractivity contribution in [3.8, 4) is 17.2 Å². The van der Waals surface area contributed by atoms with Crippen molar-refractivity contribution in [2.75, 3.05) is 26.1 Å². The second-order valence-corrected chi connectivity index (χ2v) is 8.16. The van der Waals surface area contributed by atoms with Gasteiger partial charge in [0.05, 0.1) is 26.0 Å². The van der Waals surface area contributed by atoms with Gasteiger partial charge in [0.1, 0.15) is 17.2 Å². The van der Waals surface area contributed by atoms with Gasteiger partial charge in [-0.1, -0.05) is 12.1 Å². The first kappa shape index (κ1) is 21.9. The molecule has 7 nitrogen and oxygen atoms in total. The topological polar surface area (TPSA) is 68.7 Å². The fourth-order valence-corrected chi connectivity index (χ4v) is 3.78. The molecule has 3 aromatic rings. The Hall–Kier alpha value is -3.32. The number of ether oxygens (including phenoxy) is 3. The van der Waals surface area contributed by atoms with Crippen molar-refractivity contribution in [1.29, 1.82) is 0 Å². The molecule has 1 aliphatic heterocycles. The van der Waals surface area contributed by atoms with Gasteiger partial charge in [0.25, 0.3) is 0 Å². The van der Waals surface area contributed by atoms with Gasteiger partial charge in [-0.3, -0.25) is 4.90 Å². The molecule has 1 aromatic heterocycles. The standard InChI is InChI=1S/C25H30N4O3/c1-17(2)32-21-7-5-18(6-8-21)15-29-10-9-24-19(16-29)14-26-25(28-24)27-20-11-22(30-3)13-23(12-20)31-4/h5-8,11-14,17H,9-10,15-16H2,1-4H3,(H,26,27,28). The molecule has 4 rings (SSSR count). The zero-order chi connectivity index (χ0) is 22.5. The molecule has 1 N–H and O–H groups in total. The summed E-state index contributed by atoms with van der Waals surface area (Å²) in [5.41, 5.74) is 4.36. The second kappa shape index (κ2) is 9.87. The zero-order valence-corrected chi connectivity index (χ0v) is 19.1. The highest BCUT2D eigenvalue weighted by molar-refractivity contribution is 5.59. The summed E-state index contributed by atoms with van der Waals surface area (Å²) >= 11 is 0. The van der Waals surface area contributed by atoms with Crippen LogP contribution in [0, 0.1) is 0 Å². The van der Waals surface area contributed by atoms with E-state index >= 15 is 0 Å². The monoisotopic (exact) mass is 434 g/mol. The minimum atomic E-state index is 0.185. The summed E-state index contributed by atoms with van der Waals surface area (Å²) in [6.07, 6.45) is 3.00. The van der Waals surface area contributed by atoms with Crippen molar-refractivity contribution in [1.82, 2.24) is 14.9 Å². The number of hydrogen-bond acceptors (Lipinski definition) is 7. The van der Waals surface area contributed by atoms with Gasteiger partial charge in [-0.15, -0.1) is 0 Å². The summed E-state index contributed by atoms with van der Waals surface area (Å²) in [5.74, 6) is 2.91. The van der Waals surface area contributed by atoms with Crippen molar-refractivity contribution >= 4 is 11.6 Å². The van der Waals surface area contributed by atoms with E-state index in [2.05, 4.69) is 27.3 Å². The van der Waals surface area contributed by atoms with Gasteiger partial charge in [-0.05, 0) is 31.5 Å². The van der Waals surface area contributed by atoms with Crippen LogP contribution in [-0.2, 0) is 19.5 Å². The average Bonchev–Trinajstić information content (AvgIpc) is 2.80. The highest BCUT2D eigenvalue weighted by Gasteiger charge is 2.19. The van der Waals surface area contributed by atoms with E-state index in [9.17, 15) is 0 Å². The summed E-state index contributed by atoms with van der Waals surface area (Å²) in [4.78, 5) is 11.7. The number of nitrogens with one attached hydrogen (secondary N) is 1. The van der Waals surface area contributed by atoms with E-state index in [1.54, 1.807) is 14.2 Å². The largest absolute Gasteiger partial charge is 0.497 e. The first-order valence-electron chi connectivity index (χ1n) is 10.8. The number of hydrogen-bond donors (Lipinski definition) is 1. The molecule has 0 amide bonds. The lowest BCUT2D eigenvalue weighted by Crippen LogP contribution is -2.31. The maximum absolute atomic E-state index is 5.74. The van der Waals surface area contributed by atoms with E-state index in [1.165, 1.54) is 11.1 Å². The highest BCUT2D eigenvalue weighted by atomic mass is 16.5. The number of aromatic nitrogens is 2. The van der Waals surface area contributed by atoms with E-state index in [0.717, 1.165) is 43.2 Å². The third kappa shape index (κ3) is 5.48. The molecule has 0 fully saturated rings. The first-order valence-corrected chi connectivity index (χ1v) is 10.8. The Bertz CT molecular complexity index is 1030. The SMILES string of the molecule is COc1cc(Nc2ncc3c(n2)CCN(Cc2ccc(OC(C)C)cc2)C3)cc(OC)c1. The zero-order valence-electron chi connectivity index (χ0n) is 19.1. The Morgan fingerprint density at radius 1 is 1.00 bits per heavy atom. The number of anilines is 2. The highest BCUT2D eigenvalue weighted by Crippen LogP contribution is 2.28. The Labute approximate surface area is 189 Å². The smallest absolute Gasteiger partial charge is 0.227 e. The van der Waals surface area contributed by atoms with Crippen LogP contribution in [0.25, 0.3) is 0 Å². The van der Waals surface area contributed by atoms with Gasteiger partial charge in [-0.25, -0.2) is 9.97 Å². The molecule has 0 saturated carbocycles. The summed E-state index contributed by atoms with van der Waals surface area (Å²) in [6, 6.07) is 14.0. The van der Waals surface area contributed by atoms with Crippen molar-refractivity contribution in [2.45, 2.75) is 39.5 Å². The lowest BCUT2D eigenvalue weighted by Gasteiger charge is -2.28. The van der Waals surface area contributed by atoms with Crippen LogP contribution in [0.3, 0.4) is 0 Å². The molecule has 0 spiro atoms. The number of rotatable bonds is 8. The molecular formula is C25H30N4O3. The van der Waals surface area contributed by atoms with Crippen molar-refractivity contribution in [2.24, 2.45) is 0 Å². The van der Waals surface area contributed by atoms with Crippen LogP contribution < -0.4 is 19.5 Å². The van der Waals surface area contributed by atoms with Crippen LogP contribution in [0.2, 0.25) is 0 Å². The molecule has 32 heavy (non-hydrogen) atoms. The normalized spacial score (nSPS) is 13.5. The molecule has 0 saturated heterocycles. The Morgan fingerprint density at radius 3 is 2.38 bits per heavy atom. The summed E-state index contributed by atoms with van der Waals surface area (Å²) in [6.45, 7) is 6.77. The minimum Gasteiger partial charge on any atom is -0.497 e. The lowest BCUT2D eigenvalue weighted by molar-refractivity contribution is 0.239. The van der Waals surface area contributed by atoms with Crippen LogP contribution >= 0.6 is 0 Å². The summed E-state index contributed by atoms with van der Waals surface area (Å²) < 4.78 is 16.4. The van der Waals surface area contributed by atoms with Crippen LogP contribution in [0.4, 0.5) is 11.6 Å². The van der Waals surface area contributed by atoms with Crippen LogP contribution in [0.15, 0.2) is 48.7 Å². The van der Waals surface area contributed by atoms with Gasteiger partial charge < -0.3 is 19.5 Å². The lowest BCUT2D eigenvalue weighted by atomic mass is 10.1. The molecular weight excluding hydrogens is 404 g/mol. The van der Waals surface area contributed by atoms with Gasteiger partial charge in [0.15, 0.2) is 0 Å². The molecule has 0 atom stereocenters. The molecule has 168 valence electrons. The molecule has 1 aliphatic rings. The third-order valence-corrected chi connectivity index (χ3v) is 5.32. The van der Waals surface area contributed by atoms with Crippen LogP contribution in [0.5, 0.6) is 17.2 Å². The van der Waals surface area contributed by atoms with E-state index in [4.69, 9.17) is 19.2 Å². The summed E-state index contributed by atoms with van der Waals surface area (Å²) in [5, 5.41) is 3.27. The maximum Gasteiger partial charge on any atom is 0.227 e. The molecule has 0 aliphatic carbocycles. The third-order valence-electron chi connectivity index (χ3n) is 5.32. The minimum absolute atomic E-state index is 0.185. The van der Waals surface area contributed by atoms with E-state index in [1.807, 2.05) is 50.4 Å². The molecule has 0 radical (unpaired) electrons. The van der Waals surface area contributed by atoms with Crippen LogP contribution in [0.1, 0.15) is 30.7 Å². The molecule has 2 heterocycles. The van der Waals surface area contributed by atoms with Crippen molar-refractivity contribution < 1.29 is 14.2 Å². The molecule has 2 aromatic carbocycles. The van der Waals surface area contributed by atoms with Crippen LogP contribution in [-0.4, -0.2) is 41.7 Å². The second-order valence-electron chi connectivity index (χ2n) is 8.16. The quantitative estimate of drug-likeness (QED) is 0.556. The first-order chi connectivity index (χ1) is 15.5. The van der Waals surface area contributed by atoms with Crippen molar-refractivity contribution in [3.63, 3.8) is 0 Å². The van der Waals surface area contributed by atoms with E-state index < -0.39 is 0 Å². The maximum atomic E-state index is 5.74. The summed E-state index contributed by atoms with van der Waals surface area (Å²) in [7, 11) is 3.26. The van der Waals surface area contributed by atoms with E-state index in [0.29, 0.717) is 17.4 Å². The van der Waals surface area contributed by atoms with Gasteiger partial charge >= 0.3 is 0 Å². The Kier molecular flexibility index (Phi) is 6.75. The fourth-order valence-electron chi connectivity index (χ4n) is 3.78. The van der Waals surface area contributed by atoms with Gasteiger partial charge in [-0.2, -0.15) is 0 Å². The van der Waals surface area contributed by atoms with E-state index in [-0.39, 0.29) is 6.10 Å². The molecule has 7 heteroatoms. The molecule has 0 unspecified atom stereocenters. The number of benzene rings is 2. The van der Waals surface area contributed by atoms with Gasteiger partial charge in [0, 0.05) is 61.7 Å². The Morgan fingerprint density at radius 2 is 1.72 bits per heavy atom. The predicted molar refractivity (Wildman–Crippen MR) is 125 cm³/mol. The molecule has 0 bridgehead atoms. The van der Waals surface area contributed by atoms with Crippen molar-refractivity contribution in [3.05, 3.63) is 65.5 Å². The Balaban J connectivity index is 1.40. The number of methoxy groups -OCH3 is 2. The number of fused-ring (bicyclic) bond motifs is 1. The fraction of sp³-hybridized carbons (Fsp3) is 0.360. The predicted octanol–water partition coefficient (Wildman–Crippen LogP) is 4.58. The van der Waals surface area contributed by atoms with Gasteiger partial charge in [0.2, 0.25) is 5.95 Å². The number of nitrogens with zero attached hydrogens (tertiary/aromatic N) is 3. The average molecular weight is 435 g/mol.